The number of para-hydroxylation sites is 1. The minimum atomic E-state index is -0.537. The van der Waals surface area contributed by atoms with E-state index in [1.165, 1.54) is 0 Å². The molecule has 98 valence electrons. The summed E-state index contributed by atoms with van der Waals surface area (Å²) in [4.78, 5) is -0.537. The van der Waals surface area contributed by atoms with Crippen LogP contribution in [0.3, 0.4) is 0 Å². The van der Waals surface area contributed by atoms with E-state index in [9.17, 15) is 0 Å². The number of alkyl halides is 1. The van der Waals surface area contributed by atoms with Crippen molar-refractivity contribution >= 4 is 33.5 Å². The quantitative estimate of drug-likeness (QED) is 0.534. The molecule has 1 aliphatic rings. The van der Waals surface area contributed by atoms with E-state index >= 15 is 0 Å². The van der Waals surface area contributed by atoms with Gasteiger partial charge in [-0.05, 0) is 24.1 Å². The van der Waals surface area contributed by atoms with Crippen molar-refractivity contribution in [2.45, 2.75) is 11.3 Å². The van der Waals surface area contributed by atoms with Crippen molar-refractivity contribution in [3.05, 3.63) is 72.3 Å². The van der Waals surface area contributed by atoms with Crippen molar-refractivity contribution in [1.29, 1.82) is 0 Å². The van der Waals surface area contributed by atoms with Crippen LogP contribution in [0.2, 0.25) is 0 Å². The Morgan fingerprint density at radius 2 is 2.05 bits per heavy atom. The maximum Gasteiger partial charge on any atom is 0.135 e. The van der Waals surface area contributed by atoms with Gasteiger partial charge in [0.2, 0.25) is 0 Å². The highest BCUT2D eigenvalue weighted by Crippen LogP contribution is 2.43. The van der Waals surface area contributed by atoms with Crippen LogP contribution in [0.1, 0.15) is 13.4 Å². The maximum absolute atomic E-state index is 7.73. The number of allylic oxidation sites excluding steroid dienone is 4. The summed E-state index contributed by atoms with van der Waals surface area (Å²) in [5, 5.41) is 2.06. The van der Waals surface area contributed by atoms with Gasteiger partial charge in [0, 0.05) is 10.8 Å². The van der Waals surface area contributed by atoms with Crippen LogP contribution in [0, 0.1) is 0 Å². The first-order valence-corrected chi connectivity index (χ1v) is 7.01. The van der Waals surface area contributed by atoms with Crippen molar-refractivity contribution in [1.82, 2.24) is 0 Å². The third kappa shape index (κ3) is 1.63. The monoisotopic (exact) mass is 281 g/mol. The van der Waals surface area contributed by atoms with Gasteiger partial charge in [-0.25, -0.2) is 0 Å². The van der Waals surface area contributed by atoms with Gasteiger partial charge >= 0.3 is 0 Å². The Labute approximate surface area is 123 Å². The molecule has 2 aromatic carbocycles. The molecule has 1 aromatic heterocycles. The Balaban J connectivity index is 2.08. The third-order valence-corrected chi connectivity index (χ3v) is 4.30. The number of hydrogen-bond donors (Lipinski definition) is 0. The lowest BCUT2D eigenvalue weighted by atomic mass is 9.88. The van der Waals surface area contributed by atoms with E-state index in [4.69, 9.17) is 17.4 Å². The second-order valence-electron chi connectivity index (χ2n) is 5.06. The van der Waals surface area contributed by atoms with E-state index in [2.05, 4.69) is 12.1 Å². The van der Waals surface area contributed by atoms with Crippen molar-refractivity contribution in [2.24, 2.45) is 0 Å². The molecule has 4 rings (SSSR count). The number of rotatable bonds is 1. The lowest BCUT2D eigenvalue weighted by Gasteiger charge is -2.25. The lowest BCUT2D eigenvalue weighted by Crippen LogP contribution is -2.16. The summed E-state index contributed by atoms with van der Waals surface area (Å²) in [6.45, 7) is 0. The Bertz CT molecular complexity index is 906. The first-order chi connectivity index (χ1) is 10.2. The average Bonchev–Trinajstić information content (AvgIpc) is 2.85. The van der Waals surface area contributed by atoms with E-state index in [1.807, 2.05) is 36.4 Å². The molecule has 1 unspecified atom stereocenters. The molecule has 0 saturated carbocycles. The van der Waals surface area contributed by atoms with Crippen LogP contribution in [-0.4, -0.2) is 0 Å². The van der Waals surface area contributed by atoms with E-state index in [0.717, 1.165) is 33.9 Å². The predicted octanol–water partition coefficient (Wildman–Crippen LogP) is 5.54. The Kier molecular flexibility index (Phi) is 2.29. The first kappa shape index (κ1) is 10.8. The van der Waals surface area contributed by atoms with Crippen LogP contribution in [-0.2, 0) is 4.87 Å². The van der Waals surface area contributed by atoms with Gasteiger partial charge in [0.05, 0.1) is 6.24 Å². The maximum atomic E-state index is 7.73. The molecule has 0 saturated heterocycles. The van der Waals surface area contributed by atoms with Gasteiger partial charge in [-0.15, -0.1) is 11.6 Å². The first-order valence-electron chi connectivity index (χ1n) is 7.13. The highest BCUT2D eigenvalue weighted by atomic mass is 35.5. The molecule has 3 aromatic rings. The van der Waals surface area contributed by atoms with Gasteiger partial charge in [0.15, 0.2) is 0 Å². The van der Waals surface area contributed by atoms with Gasteiger partial charge in [-0.3, -0.25) is 0 Å². The number of benzene rings is 2. The van der Waals surface area contributed by atoms with Crippen molar-refractivity contribution < 1.29 is 5.79 Å². The highest BCUT2D eigenvalue weighted by Gasteiger charge is 2.29. The smallest absolute Gasteiger partial charge is 0.135 e. The fourth-order valence-electron chi connectivity index (χ4n) is 2.86. The molecule has 1 aliphatic carbocycles. The van der Waals surface area contributed by atoms with Gasteiger partial charge in [0.1, 0.15) is 11.2 Å². The molecule has 1 atom stereocenters. The standard InChI is InChI=1S/C18H13ClO/c19-18(11-4-1-5-12-18)14-8-6-10-16-17(14)13-7-2-3-9-15(13)20-16/h1-11H,12H2/i3D. The van der Waals surface area contributed by atoms with Crippen LogP contribution in [0.25, 0.3) is 21.9 Å². The second-order valence-corrected chi connectivity index (χ2v) is 5.73. The van der Waals surface area contributed by atoms with Crippen LogP contribution in [0.15, 0.2) is 71.2 Å². The molecule has 1 nitrogen and oxygen atoms in total. The Morgan fingerprint density at radius 1 is 1.10 bits per heavy atom. The zero-order valence-electron chi connectivity index (χ0n) is 11.8. The summed E-state index contributed by atoms with van der Waals surface area (Å²) in [5.74, 6) is 0. The van der Waals surface area contributed by atoms with Crippen molar-refractivity contribution in [2.75, 3.05) is 0 Å². The molecule has 20 heavy (non-hydrogen) atoms. The Hall–Kier alpha value is -1.99. The minimum absolute atomic E-state index is 0.448. The Morgan fingerprint density at radius 3 is 2.90 bits per heavy atom. The summed E-state index contributed by atoms with van der Waals surface area (Å²) in [6, 6.07) is 11.9. The lowest BCUT2D eigenvalue weighted by molar-refractivity contribution is 0.667. The summed E-state index contributed by atoms with van der Waals surface area (Å²) >= 11 is 6.85. The molecule has 0 bridgehead atoms. The molecule has 0 spiro atoms. The molecule has 0 fully saturated rings. The summed E-state index contributed by atoms with van der Waals surface area (Å²) in [6.07, 6.45) is 8.87. The molecular formula is C18H13ClO. The van der Waals surface area contributed by atoms with Crippen LogP contribution in [0.5, 0.6) is 0 Å². The van der Waals surface area contributed by atoms with Gasteiger partial charge in [-0.1, -0.05) is 54.6 Å². The van der Waals surface area contributed by atoms with E-state index in [-0.39, 0.29) is 0 Å². The fourth-order valence-corrected chi connectivity index (χ4v) is 3.18. The number of hydrogen-bond acceptors (Lipinski definition) is 1. The van der Waals surface area contributed by atoms with Crippen LogP contribution >= 0.6 is 11.6 Å². The van der Waals surface area contributed by atoms with E-state index in [1.54, 1.807) is 12.1 Å². The second kappa shape index (κ2) is 4.26. The minimum Gasteiger partial charge on any atom is -0.456 e. The van der Waals surface area contributed by atoms with Gasteiger partial charge in [-0.2, -0.15) is 0 Å². The third-order valence-electron chi connectivity index (χ3n) is 3.81. The van der Waals surface area contributed by atoms with Gasteiger partial charge < -0.3 is 4.42 Å². The number of fused-ring (bicyclic) bond motifs is 3. The zero-order valence-corrected chi connectivity index (χ0v) is 11.5. The predicted molar refractivity (Wildman–Crippen MR) is 84.1 cm³/mol. The topological polar surface area (TPSA) is 13.1 Å². The van der Waals surface area contributed by atoms with Crippen molar-refractivity contribution in [3.8, 4) is 0 Å². The van der Waals surface area contributed by atoms with Crippen LogP contribution in [0.4, 0.5) is 0 Å². The number of furan rings is 1. The largest absolute Gasteiger partial charge is 0.456 e. The molecule has 0 radical (unpaired) electrons. The summed E-state index contributed by atoms with van der Waals surface area (Å²) < 4.78 is 13.6. The normalized spacial score (nSPS) is 22.6. The summed E-state index contributed by atoms with van der Waals surface area (Å²) in [7, 11) is 0. The molecule has 0 aliphatic heterocycles. The molecule has 1 heterocycles. The zero-order chi connectivity index (χ0) is 14.4. The average molecular weight is 282 g/mol. The summed E-state index contributed by atoms with van der Waals surface area (Å²) in [5.41, 5.74) is 2.61. The van der Waals surface area contributed by atoms with Crippen LogP contribution < -0.4 is 0 Å². The fraction of sp³-hybridized carbons (Fsp3) is 0.111. The molecular weight excluding hydrogens is 268 g/mol. The highest BCUT2D eigenvalue weighted by molar-refractivity contribution is 6.27. The molecule has 0 amide bonds. The molecule has 2 heteroatoms. The molecule has 0 N–H and O–H groups in total. The van der Waals surface area contributed by atoms with Crippen molar-refractivity contribution in [3.63, 3.8) is 0 Å². The van der Waals surface area contributed by atoms with E-state index < -0.39 is 4.87 Å². The van der Waals surface area contributed by atoms with Gasteiger partial charge in [0.25, 0.3) is 0 Å². The SMILES string of the molecule is [2H]c1ccc2c(c1)oc1cccc(C3(Cl)C=CC=CC3)c12. The van der Waals surface area contributed by atoms with E-state index in [0.29, 0.717) is 6.04 Å². The number of halogens is 1.